The third-order valence-corrected chi connectivity index (χ3v) is 6.75. The first-order chi connectivity index (χ1) is 9.63. The first-order valence-corrected chi connectivity index (χ1v) is 9.81. The zero-order valence-corrected chi connectivity index (χ0v) is 15.5. The van der Waals surface area contributed by atoms with Crippen molar-refractivity contribution in [2.24, 2.45) is 0 Å². The number of piperidine rings is 1. The predicted molar refractivity (Wildman–Crippen MR) is 95.6 cm³/mol. The van der Waals surface area contributed by atoms with Gasteiger partial charge in [-0.05, 0) is 93.3 Å². The van der Waals surface area contributed by atoms with E-state index < -0.39 is 0 Å². The van der Waals surface area contributed by atoms with E-state index in [4.69, 9.17) is 0 Å². The summed E-state index contributed by atoms with van der Waals surface area (Å²) in [6, 6.07) is 4.46. The highest BCUT2D eigenvalue weighted by molar-refractivity contribution is 14.1. The van der Waals surface area contributed by atoms with Gasteiger partial charge in [0.15, 0.2) is 0 Å². The number of rotatable bonds is 3. The van der Waals surface area contributed by atoms with Gasteiger partial charge in [0.1, 0.15) is 0 Å². The van der Waals surface area contributed by atoms with Crippen LogP contribution in [-0.2, 0) is 6.42 Å². The molecule has 1 aliphatic heterocycles. The summed E-state index contributed by atoms with van der Waals surface area (Å²) in [7, 11) is 0. The summed E-state index contributed by atoms with van der Waals surface area (Å²) in [5.74, 6) is 0. The summed E-state index contributed by atoms with van der Waals surface area (Å²) < 4.78 is 1.45. The molecule has 2 aliphatic rings. The molecule has 3 rings (SSSR count). The van der Waals surface area contributed by atoms with E-state index in [1.807, 2.05) is 11.3 Å². The molecule has 112 valence electrons. The van der Waals surface area contributed by atoms with Crippen molar-refractivity contribution < 1.29 is 0 Å². The van der Waals surface area contributed by atoms with Gasteiger partial charge >= 0.3 is 0 Å². The SMILES string of the molecule is CC(C)N1CCC(NC2CCCc3sc(I)cc32)CC1. The molecule has 0 amide bonds. The Morgan fingerprint density at radius 3 is 2.75 bits per heavy atom. The van der Waals surface area contributed by atoms with Crippen molar-refractivity contribution in [2.45, 2.75) is 64.1 Å². The van der Waals surface area contributed by atoms with Crippen LogP contribution in [0.1, 0.15) is 56.0 Å². The molecule has 1 saturated heterocycles. The van der Waals surface area contributed by atoms with Crippen molar-refractivity contribution in [1.82, 2.24) is 10.2 Å². The highest BCUT2D eigenvalue weighted by Crippen LogP contribution is 2.37. The molecule has 4 heteroatoms. The molecular weight excluding hydrogens is 379 g/mol. The molecule has 2 nitrogen and oxygen atoms in total. The van der Waals surface area contributed by atoms with Crippen LogP contribution in [0.2, 0.25) is 0 Å². The summed E-state index contributed by atoms with van der Waals surface area (Å²) in [4.78, 5) is 4.25. The van der Waals surface area contributed by atoms with E-state index in [0.29, 0.717) is 12.1 Å². The number of thiophene rings is 1. The van der Waals surface area contributed by atoms with Gasteiger partial charge in [0, 0.05) is 23.0 Å². The van der Waals surface area contributed by atoms with E-state index in [2.05, 4.69) is 52.7 Å². The fourth-order valence-electron chi connectivity index (χ4n) is 3.56. The quantitative estimate of drug-likeness (QED) is 0.760. The molecule has 1 N–H and O–H groups in total. The third kappa shape index (κ3) is 3.39. The van der Waals surface area contributed by atoms with Gasteiger partial charge in [-0.15, -0.1) is 11.3 Å². The smallest absolute Gasteiger partial charge is 0.0659 e. The van der Waals surface area contributed by atoms with Crippen LogP contribution in [0, 0.1) is 2.88 Å². The Morgan fingerprint density at radius 2 is 2.05 bits per heavy atom. The summed E-state index contributed by atoms with van der Waals surface area (Å²) >= 11 is 4.47. The number of halogens is 1. The largest absolute Gasteiger partial charge is 0.307 e. The topological polar surface area (TPSA) is 15.3 Å². The minimum atomic E-state index is 0.620. The molecule has 0 bridgehead atoms. The Morgan fingerprint density at radius 1 is 1.30 bits per heavy atom. The fraction of sp³-hybridized carbons (Fsp3) is 0.750. The lowest BCUT2D eigenvalue weighted by Crippen LogP contribution is -2.46. The van der Waals surface area contributed by atoms with Gasteiger partial charge < -0.3 is 10.2 Å². The van der Waals surface area contributed by atoms with Crippen molar-refractivity contribution in [3.05, 3.63) is 19.4 Å². The van der Waals surface area contributed by atoms with Crippen LogP contribution in [0.4, 0.5) is 0 Å². The zero-order valence-electron chi connectivity index (χ0n) is 12.5. The maximum Gasteiger partial charge on any atom is 0.0659 e. The Bertz CT molecular complexity index is 449. The number of aryl methyl sites for hydroxylation is 1. The molecule has 1 aromatic heterocycles. The van der Waals surface area contributed by atoms with Crippen molar-refractivity contribution >= 4 is 33.9 Å². The zero-order chi connectivity index (χ0) is 14.1. The van der Waals surface area contributed by atoms with E-state index in [-0.39, 0.29) is 0 Å². The van der Waals surface area contributed by atoms with Gasteiger partial charge in [0.05, 0.1) is 2.88 Å². The Hall–Kier alpha value is 0.350. The average Bonchev–Trinajstić information content (AvgIpc) is 2.81. The minimum Gasteiger partial charge on any atom is -0.307 e. The van der Waals surface area contributed by atoms with Crippen molar-refractivity contribution in [3.63, 3.8) is 0 Å². The molecule has 0 aromatic carbocycles. The predicted octanol–water partition coefficient (Wildman–Crippen LogP) is 4.19. The van der Waals surface area contributed by atoms with Crippen LogP contribution < -0.4 is 5.32 Å². The number of nitrogens with one attached hydrogen (secondary N) is 1. The van der Waals surface area contributed by atoms with Gasteiger partial charge in [-0.3, -0.25) is 0 Å². The van der Waals surface area contributed by atoms with Crippen LogP contribution in [0.3, 0.4) is 0 Å². The molecule has 0 radical (unpaired) electrons. The average molecular weight is 404 g/mol. The lowest BCUT2D eigenvalue weighted by molar-refractivity contribution is 0.155. The molecule has 20 heavy (non-hydrogen) atoms. The van der Waals surface area contributed by atoms with Crippen molar-refractivity contribution in [2.75, 3.05) is 13.1 Å². The lowest BCUT2D eigenvalue weighted by atomic mass is 9.92. The second-order valence-corrected chi connectivity index (χ2v) is 9.48. The van der Waals surface area contributed by atoms with E-state index >= 15 is 0 Å². The number of likely N-dealkylation sites (tertiary alicyclic amines) is 1. The van der Waals surface area contributed by atoms with Crippen LogP contribution in [0.25, 0.3) is 0 Å². The molecule has 1 fully saturated rings. The normalized spacial score (nSPS) is 25.1. The van der Waals surface area contributed by atoms with Crippen LogP contribution >= 0.6 is 33.9 Å². The number of nitrogens with zero attached hydrogens (tertiary/aromatic N) is 1. The van der Waals surface area contributed by atoms with Gasteiger partial charge in [0.25, 0.3) is 0 Å². The maximum atomic E-state index is 3.96. The van der Waals surface area contributed by atoms with Gasteiger partial charge in [-0.25, -0.2) is 0 Å². The van der Waals surface area contributed by atoms with E-state index in [1.165, 1.54) is 48.1 Å². The Kier molecular flexibility index (Phi) is 5.06. The second kappa shape index (κ2) is 6.63. The molecular formula is C16H25IN2S. The summed E-state index contributed by atoms with van der Waals surface area (Å²) in [6.07, 6.45) is 6.60. The molecule has 1 aromatic rings. The van der Waals surface area contributed by atoms with Gasteiger partial charge in [-0.2, -0.15) is 0 Å². The lowest BCUT2D eigenvalue weighted by Gasteiger charge is -2.37. The maximum absolute atomic E-state index is 3.96. The summed E-state index contributed by atoms with van der Waals surface area (Å²) in [5.41, 5.74) is 1.61. The molecule has 1 unspecified atom stereocenters. The van der Waals surface area contributed by atoms with Gasteiger partial charge in [-0.1, -0.05) is 0 Å². The monoisotopic (exact) mass is 404 g/mol. The molecule has 0 spiro atoms. The van der Waals surface area contributed by atoms with E-state index in [0.717, 1.165) is 6.04 Å². The van der Waals surface area contributed by atoms with E-state index in [9.17, 15) is 0 Å². The minimum absolute atomic E-state index is 0.620. The number of hydrogen-bond acceptors (Lipinski definition) is 3. The van der Waals surface area contributed by atoms with Crippen molar-refractivity contribution in [3.8, 4) is 0 Å². The molecule has 2 heterocycles. The second-order valence-electron chi connectivity index (χ2n) is 6.44. The molecule has 0 saturated carbocycles. The molecule has 1 aliphatic carbocycles. The summed E-state index contributed by atoms with van der Waals surface area (Å²) in [6.45, 7) is 7.15. The van der Waals surface area contributed by atoms with Gasteiger partial charge in [0.2, 0.25) is 0 Å². The Balaban J connectivity index is 1.60. The molecule has 1 atom stereocenters. The number of hydrogen-bond donors (Lipinski definition) is 1. The first-order valence-electron chi connectivity index (χ1n) is 7.91. The third-order valence-electron chi connectivity index (χ3n) is 4.78. The Labute approximate surface area is 140 Å². The van der Waals surface area contributed by atoms with Crippen LogP contribution in [0.15, 0.2) is 6.07 Å². The highest BCUT2D eigenvalue weighted by Gasteiger charge is 2.27. The highest BCUT2D eigenvalue weighted by atomic mass is 127. The first kappa shape index (κ1) is 15.3. The standard InChI is InChI=1S/C16H25IN2S/c1-11(2)19-8-6-12(7-9-19)18-14-4-3-5-15-13(14)10-16(17)20-15/h10-12,14,18H,3-9H2,1-2H3. The number of fused-ring (bicyclic) bond motifs is 1. The van der Waals surface area contributed by atoms with Crippen LogP contribution in [0.5, 0.6) is 0 Å². The van der Waals surface area contributed by atoms with Crippen molar-refractivity contribution in [1.29, 1.82) is 0 Å². The van der Waals surface area contributed by atoms with E-state index in [1.54, 1.807) is 10.4 Å². The van der Waals surface area contributed by atoms with Crippen LogP contribution in [-0.4, -0.2) is 30.1 Å². The summed E-state index contributed by atoms with van der Waals surface area (Å²) in [5, 5.41) is 3.96. The fourth-order valence-corrected chi connectivity index (χ4v) is 5.68.